The van der Waals surface area contributed by atoms with Crippen LogP contribution in [-0.4, -0.2) is 41.1 Å². The molecule has 1 amide bonds. The van der Waals surface area contributed by atoms with Crippen LogP contribution < -0.4 is 4.74 Å². The summed E-state index contributed by atoms with van der Waals surface area (Å²) in [5, 5.41) is 9.23. The number of hydrogen-bond acceptors (Lipinski definition) is 3. The molecular formula is C16H19NO4. The number of hydrogen-bond donors (Lipinski definition) is 1. The maximum Gasteiger partial charge on any atom is 0.326 e. The molecule has 2 aliphatic heterocycles. The first-order valence-electron chi connectivity index (χ1n) is 7.26. The summed E-state index contributed by atoms with van der Waals surface area (Å²) < 4.78 is 5.63. The summed E-state index contributed by atoms with van der Waals surface area (Å²) in [7, 11) is 0. The molecule has 5 nitrogen and oxygen atoms in total. The molecule has 1 saturated heterocycles. The van der Waals surface area contributed by atoms with Crippen molar-refractivity contribution in [1.29, 1.82) is 0 Å². The van der Waals surface area contributed by atoms with Gasteiger partial charge in [0.15, 0.2) is 0 Å². The van der Waals surface area contributed by atoms with Crippen LogP contribution in [0.2, 0.25) is 0 Å². The number of aliphatic carboxylic acids is 1. The zero-order valence-electron chi connectivity index (χ0n) is 12.3. The van der Waals surface area contributed by atoms with E-state index in [0.717, 1.165) is 28.9 Å². The minimum absolute atomic E-state index is 0.123. The third-order valence-electron chi connectivity index (χ3n) is 4.53. The molecule has 0 bridgehead atoms. The van der Waals surface area contributed by atoms with Crippen LogP contribution in [0.3, 0.4) is 0 Å². The molecule has 5 heteroatoms. The molecule has 1 aromatic rings. The van der Waals surface area contributed by atoms with Gasteiger partial charge in [0, 0.05) is 12.1 Å². The van der Waals surface area contributed by atoms with E-state index in [1.807, 2.05) is 26.0 Å². The van der Waals surface area contributed by atoms with Crippen LogP contribution in [0.4, 0.5) is 0 Å². The first-order chi connectivity index (χ1) is 9.99. The molecule has 112 valence electrons. The lowest BCUT2D eigenvalue weighted by molar-refractivity contribution is -0.148. The van der Waals surface area contributed by atoms with Crippen LogP contribution in [0, 0.1) is 13.8 Å². The van der Waals surface area contributed by atoms with Crippen molar-refractivity contribution in [3.63, 3.8) is 0 Å². The Bertz CT molecular complexity index is 611. The Kier molecular flexibility index (Phi) is 3.35. The number of carboxylic acids is 1. The highest BCUT2D eigenvalue weighted by molar-refractivity contribution is 5.90. The molecule has 1 N–H and O–H groups in total. The van der Waals surface area contributed by atoms with Gasteiger partial charge in [-0.3, -0.25) is 4.79 Å². The second-order valence-electron chi connectivity index (χ2n) is 5.87. The van der Waals surface area contributed by atoms with Gasteiger partial charge in [0.1, 0.15) is 24.3 Å². The van der Waals surface area contributed by atoms with Crippen LogP contribution in [0.1, 0.15) is 35.4 Å². The lowest BCUT2D eigenvalue weighted by Gasteiger charge is -2.24. The second kappa shape index (κ2) is 5.06. The number of ether oxygens (including phenoxy) is 1. The van der Waals surface area contributed by atoms with Crippen LogP contribution in [0.5, 0.6) is 5.75 Å². The Morgan fingerprint density at radius 3 is 2.71 bits per heavy atom. The van der Waals surface area contributed by atoms with Crippen molar-refractivity contribution in [1.82, 2.24) is 4.90 Å². The van der Waals surface area contributed by atoms with Gasteiger partial charge in [0.2, 0.25) is 5.91 Å². The predicted molar refractivity (Wildman–Crippen MR) is 76.5 cm³/mol. The standard InChI is InChI=1S/C16H19NO4/c1-9-6-11-12(8-21-14(11)7-10(9)2)15(18)17-5-3-4-13(17)16(19)20/h6-7,12-13H,3-5,8H2,1-2H3,(H,19,20). The molecule has 2 atom stereocenters. The molecule has 2 unspecified atom stereocenters. The van der Waals surface area contributed by atoms with E-state index < -0.39 is 12.0 Å². The Hall–Kier alpha value is -2.04. The normalized spacial score (nSPS) is 23.8. The maximum atomic E-state index is 12.7. The summed E-state index contributed by atoms with van der Waals surface area (Å²) in [6, 6.07) is 3.26. The zero-order chi connectivity index (χ0) is 15.1. The fourth-order valence-corrected chi connectivity index (χ4v) is 3.16. The number of nitrogens with zero attached hydrogens (tertiary/aromatic N) is 1. The number of carbonyl (C=O) groups excluding carboxylic acids is 1. The van der Waals surface area contributed by atoms with E-state index >= 15 is 0 Å². The number of amides is 1. The van der Waals surface area contributed by atoms with Crippen LogP contribution in [0.15, 0.2) is 12.1 Å². The molecule has 0 spiro atoms. The summed E-state index contributed by atoms with van der Waals surface area (Å²) in [5.74, 6) is -0.663. The lowest BCUT2D eigenvalue weighted by atomic mass is 9.95. The van der Waals surface area contributed by atoms with Crippen molar-refractivity contribution < 1.29 is 19.4 Å². The fourth-order valence-electron chi connectivity index (χ4n) is 3.16. The average Bonchev–Trinajstić information content (AvgIpc) is 3.05. The topological polar surface area (TPSA) is 66.8 Å². The van der Waals surface area contributed by atoms with E-state index in [1.54, 1.807) is 0 Å². The van der Waals surface area contributed by atoms with Gasteiger partial charge in [-0.1, -0.05) is 6.07 Å². The van der Waals surface area contributed by atoms with Gasteiger partial charge in [-0.15, -0.1) is 0 Å². The van der Waals surface area contributed by atoms with Crippen molar-refractivity contribution in [2.75, 3.05) is 13.2 Å². The number of aryl methyl sites for hydroxylation is 2. The van der Waals surface area contributed by atoms with E-state index in [-0.39, 0.29) is 11.8 Å². The molecule has 1 fully saturated rings. The molecule has 2 aliphatic rings. The van der Waals surface area contributed by atoms with Gasteiger partial charge in [-0.2, -0.15) is 0 Å². The van der Waals surface area contributed by atoms with Gasteiger partial charge in [-0.25, -0.2) is 4.79 Å². The minimum Gasteiger partial charge on any atom is -0.492 e. The summed E-state index contributed by atoms with van der Waals surface area (Å²) >= 11 is 0. The van der Waals surface area contributed by atoms with Crippen molar-refractivity contribution in [2.45, 2.75) is 38.6 Å². The van der Waals surface area contributed by atoms with Gasteiger partial charge in [0.05, 0.1) is 0 Å². The van der Waals surface area contributed by atoms with Gasteiger partial charge < -0.3 is 14.7 Å². The Labute approximate surface area is 123 Å². The average molecular weight is 289 g/mol. The van der Waals surface area contributed by atoms with Gasteiger partial charge in [0.25, 0.3) is 0 Å². The number of likely N-dealkylation sites (tertiary alicyclic amines) is 1. The van der Waals surface area contributed by atoms with Crippen molar-refractivity contribution in [3.8, 4) is 5.75 Å². The zero-order valence-corrected chi connectivity index (χ0v) is 12.3. The summed E-state index contributed by atoms with van der Waals surface area (Å²) in [6.07, 6.45) is 1.28. The molecule has 21 heavy (non-hydrogen) atoms. The van der Waals surface area contributed by atoms with E-state index in [4.69, 9.17) is 4.74 Å². The monoisotopic (exact) mass is 289 g/mol. The van der Waals surface area contributed by atoms with Crippen LogP contribution >= 0.6 is 0 Å². The molecular weight excluding hydrogens is 270 g/mol. The number of benzene rings is 1. The minimum atomic E-state index is -0.917. The molecule has 0 aromatic heterocycles. The third-order valence-corrected chi connectivity index (χ3v) is 4.53. The first kappa shape index (κ1) is 13.9. The first-order valence-corrected chi connectivity index (χ1v) is 7.26. The summed E-state index contributed by atoms with van der Waals surface area (Å²) in [4.78, 5) is 25.5. The van der Waals surface area contributed by atoms with Crippen LogP contribution in [-0.2, 0) is 9.59 Å². The van der Waals surface area contributed by atoms with Crippen LogP contribution in [0.25, 0.3) is 0 Å². The highest BCUT2D eigenvalue weighted by Gasteiger charge is 2.40. The van der Waals surface area contributed by atoms with Crippen molar-refractivity contribution >= 4 is 11.9 Å². The van der Waals surface area contributed by atoms with E-state index in [2.05, 4.69) is 0 Å². The highest BCUT2D eigenvalue weighted by Crippen LogP contribution is 2.38. The number of rotatable bonds is 2. The molecule has 0 saturated carbocycles. The number of carbonyl (C=O) groups is 2. The Morgan fingerprint density at radius 1 is 1.29 bits per heavy atom. The molecule has 1 aromatic carbocycles. The lowest BCUT2D eigenvalue weighted by Crippen LogP contribution is -2.43. The summed E-state index contributed by atoms with van der Waals surface area (Å²) in [5.41, 5.74) is 3.14. The number of fused-ring (bicyclic) bond motifs is 1. The smallest absolute Gasteiger partial charge is 0.326 e. The van der Waals surface area contributed by atoms with Gasteiger partial charge >= 0.3 is 5.97 Å². The van der Waals surface area contributed by atoms with E-state index in [0.29, 0.717) is 19.6 Å². The second-order valence-corrected chi connectivity index (χ2v) is 5.87. The van der Waals surface area contributed by atoms with Gasteiger partial charge in [-0.05, 0) is 43.9 Å². The molecule has 0 radical (unpaired) electrons. The predicted octanol–water partition coefficient (Wildman–Crippen LogP) is 1.86. The molecule has 2 heterocycles. The van der Waals surface area contributed by atoms with Crippen molar-refractivity contribution in [3.05, 3.63) is 28.8 Å². The Balaban J connectivity index is 1.88. The fraction of sp³-hybridized carbons (Fsp3) is 0.500. The maximum absolute atomic E-state index is 12.7. The molecule has 3 rings (SSSR count). The SMILES string of the molecule is Cc1cc2c(cc1C)C(C(=O)N1CCCC1C(=O)O)CO2. The van der Waals surface area contributed by atoms with Crippen molar-refractivity contribution in [2.24, 2.45) is 0 Å². The van der Waals surface area contributed by atoms with E-state index in [1.165, 1.54) is 4.90 Å². The third kappa shape index (κ3) is 2.26. The number of carboxylic acid groups (broad SMARTS) is 1. The largest absolute Gasteiger partial charge is 0.492 e. The Morgan fingerprint density at radius 2 is 2.00 bits per heavy atom. The molecule has 0 aliphatic carbocycles. The highest BCUT2D eigenvalue weighted by atomic mass is 16.5. The quantitative estimate of drug-likeness (QED) is 0.902. The summed E-state index contributed by atoms with van der Waals surface area (Å²) in [6.45, 7) is 4.84. The van der Waals surface area contributed by atoms with E-state index in [9.17, 15) is 14.7 Å².